The molecule has 0 radical (unpaired) electrons. The second kappa shape index (κ2) is 6.33. The molecule has 0 atom stereocenters. The van der Waals surface area contributed by atoms with Crippen molar-refractivity contribution in [3.05, 3.63) is 23.5 Å². The van der Waals surface area contributed by atoms with E-state index >= 15 is 0 Å². The Bertz CT molecular complexity index is 525. The molecule has 0 heterocycles. The number of halogens is 1. The van der Waals surface area contributed by atoms with E-state index in [0.717, 1.165) is 31.6 Å². The van der Waals surface area contributed by atoms with Gasteiger partial charge in [-0.1, -0.05) is 13.3 Å². The number of nitrogens with zero attached hydrogens (tertiary/aromatic N) is 1. The molecule has 3 N–H and O–H groups in total. The summed E-state index contributed by atoms with van der Waals surface area (Å²) in [4.78, 5) is 13.4. The van der Waals surface area contributed by atoms with E-state index < -0.39 is 11.8 Å². The number of benzene rings is 1. The van der Waals surface area contributed by atoms with Gasteiger partial charge in [0, 0.05) is 13.1 Å². The molecule has 1 aliphatic rings. The Balaban J connectivity index is 2.25. The third-order valence-corrected chi connectivity index (χ3v) is 4.71. The molecule has 1 aromatic rings. The average molecular weight is 294 g/mol. The van der Waals surface area contributed by atoms with Gasteiger partial charge < -0.3 is 15.7 Å². The van der Waals surface area contributed by atoms with Crippen molar-refractivity contribution in [1.29, 1.82) is 0 Å². The number of nitrogens with two attached hydrogens (primary N) is 1. The van der Waals surface area contributed by atoms with Crippen LogP contribution in [0.3, 0.4) is 0 Å². The van der Waals surface area contributed by atoms with Gasteiger partial charge in [-0.2, -0.15) is 0 Å². The zero-order chi connectivity index (χ0) is 15.6. The number of carbonyl (C=O) groups is 1. The molecule has 1 saturated carbocycles. The van der Waals surface area contributed by atoms with Gasteiger partial charge in [0.15, 0.2) is 0 Å². The summed E-state index contributed by atoms with van der Waals surface area (Å²) in [5.74, 6) is -1.10. The third-order valence-electron chi connectivity index (χ3n) is 4.71. The minimum absolute atomic E-state index is 0.130. The van der Waals surface area contributed by atoms with E-state index in [-0.39, 0.29) is 17.3 Å². The smallest absolute Gasteiger partial charge is 0.340 e. The maximum Gasteiger partial charge on any atom is 0.340 e. The van der Waals surface area contributed by atoms with E-state index in [2.05, 4.69) is 6.92 Å². The molecule has 0 bridgehead atoms. The van der Waals surface area contributed by atoms with E-state index in [0.29, 0.717) is 5.69 Å². The van der Waals surface area contributed by atoms with Crippen LogP contribution in [0.5, 0.6) is 0 Å². The van der Waals surface area contributed by atoms with E-state index in [9.17, 15) is 14.3 Å². The summed E-state index contributed by atoms with van der Waals surface area (Å²) >= 11 is 0. The van der Waals surface area contributed by atoms with Crippen molar-refractivity contribution >= 4 is 17.3 Å². The van der Waals surface area contributed by atoms with Crippen LogP contribution in [-0.2, 0) is 0 Å². The summed E-state index contributed by atoms with van der Waals surface area (Å²) in [6.45, 7) is 2.21. The molecule has 2 rings (SSSR count). The summed E-state index contributed by atoms with van der Waals surface area (Å²) in [6.07, 6.45) is 5.58. The fraction of sp³-hybridized carbons (Fsp3) is 0.562. The zero-order valence-corrected chi connectivity index (χ0v) is 12.6. The summed E-state index contributed by atoms with van der Waals surface area (Å²) in [5.41, 5.74) is 5.70. The van der Waals surface area contributed by atoms with Crippen LogP contribution in [0.25, 0.3) is 0 Å². The van der Waals surface area contributed by atoms with Gasteiger partial charge in [-0.15, -0.1) is 0 Å². The van der Waals surface area contributed by atoms with E-state index in [1.54, 1.807) is 0 Å². The maximum absolute atomic E-state index is 13.5. The highest BCUT2D eigenvalue weighted by Crippen LogP contribution is 2.34. The lowest BCUT2D eigenvalue weighted by Gasteiger charge is -2.36. The Morgan fingerprint density at radius 2 is 2.00 bits per heavy atom. The van der Waals surface area contributed by atoms with E-state index in [1.165, 1.54) is 18.6 Å². The molecule has 1 fully saturated rings. The molecule has 0 saturated heterocycles. The summed E-state index contributed by atoms with van der Waals surface area (Å²) in [5, 5.41) is 9.32. The predicted molar refractivity (Wildman–Crippen MR) is 82.2 cm³/mol. The van der Waals surface area contributed by atoms with Crippen LogP contribution in [0.15, 0.2) is 12.1 Å². The first kappa shape index (κ1) is 15.6. The monoisotopic (exact) mass is 294 g/mol. The third kappa shape index (κ3) is 3.12. The SMILES string of the molecule is CCC1CCC(N(C)c2ccc(F)c(N)c2C(=O)O)CC1. The van der Waals surface area contributed by atoms with Gasteiger partial charge in [0.05, 0.1) is 11.4 Å². The molecule has 0 unspecified atom stereocenters. The molecule has 1 aliphatic carbocycles. The molecule has 21 heavy (non-hydrogen) atoms. The largest absolute Gasteiger partial charge is 0.478 e. The fourth-order valence-corrected chi connectivity index (χ4v) is 3.24. The molecule has 0 aromatic heterocycles. The molecule has 5 heteroatoms. The number of hydrogen-bond acceptors (Lipinski definition) is 3. The molecule has 116 valence electrons. The van der Waals surface area contributed by atoms with Crippen molar-refractivity contribution in [3.8, 4) is 0 Å². The highest BCUT2D eigenvalue weighted by molar-refractivity contribution is 6.00. The van der Waals surface area contributed by atoms with Gasteiger partial charge >= 0.3 is 5.97 Å². The minimum atomic E-state index is -1.18. The summed E-state index contributed by atoms with van der Waals surface area (Å²) in [6, 6.07) is 3.04. The van der Waals surface area contributed by atoms with E-state index in [1.807, 2.05) is 11.9 Å². The zero-order valence-electron chi connectivity index (χ0n) is 12.6. The quantitative estimate of drug-likeness (QED) is 0.834. The van der Waals surface area contributed by atoms with Crippen LogP contribution in [0, 0.1) is 11.7 Å². The van der Waals surface area contributed by atoms with Crippen LogP contribution in [0.1, 0.15) is 49.4 Å². The van der Waals surface area contributed by atoms with Gasteiger partial charge in [-0.05, 0) is 43.7 Å². The van der Waals surface area contributed by atoms with Crippen LogP contribution in [0.2, 0.25) is 0 Å². The number of hydrogen-bond donors (Lipinski definition) is 2. The summed E-state index contributed by atoms with van der Waals surface area (Å²) in [7, 11) is 1.87. The topological polar surface area (TPSA) is 66.6 Å². The number of carboxylic acid groups (broad SMARTS) is 1. The standard InChI is InChI=1S/C16H23FN2O2/c1-3-10-4-6-11(7-5-10)19(2)13-9-8-12(17)15(18)14(13)16(20)21/h8-11H,3-7,18H2,1-2H3,(H,20,21). The lowest BCUT2D eigenvalue weighted by molar-refractivity contribution is 0.0698. The molecule has 1 aromatic carbocycles. The number of anilines is 2. The van der Waals surface area contributed by atoms with Crippen molar-refractivity contribution in [2.75, 3.05) is 17.7 Å². The van der Waals surface area contributed by atoms with Crippen molar-refractivity contribution in [3.63, 3.8) is 0 Å². The van der Waals surface area contributed by atoms with Gasteiger partial charge in [0.2, 0.25) is 0 Å². The molecular formula is C16H23FN2O2. The highest BCUT2D eigenvalue weighted by Gasteiger charge is 2.27. The molecule has 0 amide bonds. The van der Waals surface area contributed by atoms with Crippen molar-refractivity contribution < 1.29 is 14.3 Å². The first-order valence-corrected chi connectivity index (χ1v) is 7.49. The lowest BCUT2D eigenvalue weighted by Crippen LogP contribution is -2.36. The Kier molecular flexibility index (Phi) is 4.70. The van der Waals surface area contributed by atoms with Gasteiger partial charge in [-0.3, -0.25) is 0 Å². The Morgan fingerprint density at radius 3 is 2.52 bits per heavy atom. The van der Waals surface area contributed by atoms with E-state index in [4.69, 9.17) is 5.73 Å². The number of aromatic carboxylic acids is 1. The Morgan fingerprint density at radius 1 is 1.38 bits per heavy atom. The maximum atomic E-state index is 13.5. The Labute approximate surface area is 124 Å². The molecular weight excluding hydrogens is 271 g/mol. The van der Waals surface area contributed by atoms with Crippen molar-refractivity contribution in [1.82, 2.24) is 0 Å². The highest BCUT2D eigenvalue weighted by atomic mass is 19.1. The fourth-order valence-electron chi connectivity index (χ4n) is 3.24. The van der Waals surface area contributed by atoms with Crippen LogP contribution in [0.4, 0.5) is 15.8 Å². The summed E-state index contributed by atoms with van der Waals surface area (Å²) < 4.78 is 13.5. The number of nitrogen functional groups attached to an aromatic ring is 1. The molecule has 4 nitrogen and oxygen atoms in total. The Hall–Kier alpha value is -1.78. The van der Waals surface area contributed by atoms with Crippen molar-refractivity contribution in [2.24, 2.45) is 5.92 Å². The van der Waals surface area contributed by atoms with Gasteiger partial charge in [0.1, 0.15) is 11.4 Å². The average Bonchev–Trinajstić information content (AvgIpc) is 2.48. The predicted octanol–water partition coefficient (Wildman–Crippen LogP) is 3.51. The van der Waals surface area contributed by atoms with Crippen LogP contribution < -0.4 is 10.6 Å². The normalized spacial score (nSPS) is 22.0. The van der Waals surface area contributed by atoms with Gasteiger partial charge in [0.25, 0.3) is 0 Å². The van der Waals surface area contributed by atoms with Gasteiger partial charge in [-0.25, -0.2) is 9.18 Å². The minimum Gasteiger partial charge on any atom is -0.478 e. The second-order valence-corrected chi connectivity index (χ2v) is 5.85. The number of carboxylic acids is 1. The van der Waals surface area contributed by atoms with Crippen LogP contribution in [-0.4, -0.2) is 24.2 Å². The molecule has 0 aliphatic heterocycles. The lowest BCUT2D eigenvalue weighted by atomic mass is 9.84. The van der Waals surface area contributed by atoms with Crippen LogP contribution >= 0.6 is 0 Å². The second-order valence-electron chi connectivity index (χ2n) is 5.85. The number of rotatable bonds is 4. The first-order chi connectivity index (χ1) is 9.95. The van der Waals surface area contributed by atoms with Crippen molar-refractivity contribution in [2.45, 2.75) is 45.1 Å². The first-order valence-electron chi connectivity index (χ1n) is 7.49. The molecule has 0 spiro atoms.